The van der Waals surface area contributed by atoms with Crippen LogP contribution in [0.3, 0.4) is 0 Å². The largest absolute Gasteiger partial charge is 0.492 e. The molecule has 0 heterocycles. The van der Waals surface area contributed by atoms with Gasteiger partial charge in [0.1, 0.15) is 11.6 Å². The van der Waals surface area contributed by atoms with Gasteiger partial charge in [0, 0.05) is 12.5 Å². The Morgan fingerprint density at radius 3 is 2.55 bits per heavy atom. The molecule has 2 rings (SSSR count). The van der Waals surface area contributed by atoms with E-state index in [1.165, 1.54) is 24.3 Å². The molecule has 4 nitrogen and oxygen atoms in total. The van der Waals surface area contributed by atoms with Gasteiger partial charge in [0.25, 0.3) is 5.69 Å². The van der Waals surface area contributed by atoms with Crippen LogP contribution in [0.15, 0.2) is 46.9 Å². The minimum atomic E-state index is -0.473. The van der Waals surface area contributed by atoms with Crippen LogP contribution in [0.25, 0.3) is 0 Å². The van der Waals surface area contributed by atoms with Gasteiger partial charge < -0.3 is 4.74 Å². The molecule has 0 N–H and O–H groups in total. The molecule has 0 saturated carbocycles. The van der Waals surface area contributed by atoms with Crippen LogP contribution in [0.4, 0.5) is 10.1 Å². The summed E-state index contributed by atoms with van der Waals surface area (Å²) in [6.45, 7) is 0.353. The Morgan fingerprint density at radius 1 is 1.20 bits per heavy atom. The van der Waals surface area contributed by atoms with E-state index in [0.29, 0.717) is 23.2 Å². The molecular weight excluding hydrogens is 329 g/mol. The monoisotopic (exact) mass is 339 g/mol. The number of nitro groups is 1. The molecule has 20 heavy (non-hydrogen) atoms. The van der Waals surface area contributed by atoms with Gasteiger partial charge >= 0.3 is 0 Å². The quantitative estimate of drug-likeness (QED) is 0.608. The van der Waals surface area contributed by atoms with E-state index in [4.69, 9.17) is 4.74 Å². The highest BCUT2D eigenvalue weighted by Gasteiger charge is 2.10. The Hall–Kier alpha value is -1.95. The number of benzene rings is 2. The average molecular weight is 340 g/mol. The van der Waals surface area contributed by atoms with Crippen molar-refractivity contribution in [2.24, 2.45) is 0 Å². The molecule has 0 atom stereocenters. The Morgan fingerprint density at radius 2 is 1.90 bits per heavy atom. The molecule has 0 aliphatic rings. The summed E-state index contributed by atoms with van der Waals surface area (Å²) in [5.41, 5.74) is 0.915. The molecule has 0 radical (unpaired) electrons. The van der Waals surface area contributed by atoms with E-state index in [2.05, 4.69) is 15.9 Å². The normalized spacial score (nSPS) is 10.3. The molecule has 6 heteroatoms. The van der Waals surface area contributed by atoms with Crippen LogP contribution in [0.2, 0.25) is 0 Å². The van der Waals surface area contributed by atoms with Gasteiger partial charge in [-0.15, -0.1) is 0 Å². The fourth-order valence-electron chi connectivity index (χ4n) is 1.65. The van der Waals surface area contributed by atoms with Crippen molar-refractivity contribution in [3.8, 4) is 5.75 Å². The van der Waals surface area contributed by atoms with Gasteiger partial charge in [-0.05, 0) is 39.7 Å². The standard InChI is InChI=1S/C14H11BrFNO3/c15-13-6-5-12(17(18)19)9-14(13)20-8-7-10-1-3-11(16)4-2-10/h1-6,9H,7-8H2. The summed E-state index contributed by atoms with van der Waals surface area (Å²) in [6.07, 6.45) is 0.593. The lowest BCUT2D eigenvalue weighted by Gasteiger charge is -2.08. The van der Waals surface area contributed by atoms with Crippen LogP contribution in [0.1, 0.15) is 5.56 Å². The van der Waals surface area contributed by atoms with E-state index in [1.54, 1.807) is 18.2 Å². The van der Waals surface area contributed by atoms with E-state index >= 15 is 0 Å². The first-order valence-electron chi connectivity index (χ1n) is 5.87. The molecule has 0 aromatic heterocycles. The summed E-state index contributed by atoms with van der Waals surface area (Å²) in [5, 5.41) is 10.7. The van der Waals surface area contributed by atoms with Crippen LogP contribution in [0.5, 0.6) is 5.75 Å². The third kappa shape index (κ3) is 3.77. The van der Waals surface area contributed by atoms with Crippen molar-refractivity contribution < 1.29 is 14.1 Å². The fraction of sp³-hybridized carbons (Fsp3) is 0.143. The van der Waals surface area contributed by atoms with Crippen LogP contribution >= 0.6 is 15.9 Å². The SMILES string of the molecule is O=[N+]([O-])c1ccc(Br)c(OCCc2ccc(F)cc2)c1. The highest BCUT2D eigenvalue weighted by Crippen LogP contribution is 2.29. The van der Waals surface area contributed by atoms with Crippen LogP contribution in [-0.2, 0) is 6.42 Å². The number of hydrogen-bond acceptors (Lipinski definition) is 3. The first kappa shape index (κ1) is 14.5. The molecule has 0 fully saturated rings. The van der Waals surface area contributed by atoms with Crippen molar-refractivity contribution in [3.05, 3.63) is 68.4 Å². The number of ether oxygens (including phenoxy) is 1. The van der Waals surface area contributed by atoms with Gasteiger partial charge in [0.05, 0.1) is 22.1 Å². The fourth-order valence-corrected chi connectivity index (χ4v) is 2.01. The molecule has 2 aromatic carbocycles. The molecule has 104 valence electrons. The minimum absolute atomic E-state index is 0.0232. The molecule has 0 saturated heterocycles. The minimum Gasteiger partial charge on any atom is -0.492 e. The summed E-state index contributed by atoms with van der Waals surface area (Å²) < 4.78 is 18.9. The lowest BCUT2D eigenvalue weighted by atomic mass is 10.2. The van der Waals surface area contributed by atoms with E-state index in [0.717, 1.165) is 5.56 Å². The van der Waals surface area contributed by atoms with Crippen molar-refractivity contribution >= 4 is 21.6 Å². The predicted octanol–water partition coefficient (Wildman–Crippen LogP) is 4.12. The van der Waals surface area contributed by atoms with Gasteiger partial charge in [-0.2, -0.15) is 0 Å². The lowest BCUT2D eigenvalue weighted by Crippen LogP contribution is -2.02. The molecule has 2 aromatic rings. The summed E-state index contributed by atoms with van der Waals surface area (Å²) in [7, 11) is 0. The Labute approximate surface area is 123 Å². The van der Waals surface area contributed by atoms with E-state index < -0.39 is 4.92 Å². The van der Waals surface area contributed by atoms with Crippen molar-refractivity contribution in [1.29, 1.82) is 0 Å². The van der Waals surface area contributed by atoms with E-state index in [1.807, 2.05) is 0 Å². The molecule has 0 unspecified atom stereocenters. The number of nitro benzene ring substituents is 1. The molecule has 0 bridgehead atoms. The predicted molar refractivity (Wildman–Crippen MR) is 76.4 cm³/mol. The summed E-state index contributed by atoms with van der Waals surface area (Å²) in [4.78, 5) is 10.2. The maximum atomic E-state index is 12.7. The number of non-ortho nitro benzene ring substituents is 1. The summed E-state index contributed by atoms with van der Waals surface area (Å²) in [5.74, 6) is 0.136. The number of nitrogens with zero attached hydrogens (tertiary/aromatic N) is 1. The highest BCUT2D eigenvalue weighted by molar-refractivity contribution is 9.10. The zero-order valence-corrected chi connectivity index (χ0v) is 12.0. The Bertz CT molecular complexity index is 616. The van der Waals surface area contributed by atoms with E-state index in [9.17, 15) is 14.5 Å². The van der Waals surface area contributed by atoms with Gasteiger partial charge in [-0.1, -0.05) is 12.1 Å². The molecule has 0 spiro atoms. The number of rotatable bonds is 5. The van der Waals surface area contributed by atoms with Gasteiger partial charge in [-0.3, -0.25) is 10.1 Å². The average Bonchev–Trinajstić information content (AvgIpc) is 2.43. The third-order valence-electron chi connectivity index (χ3n) is 2.69. The third-order valence-corrected chi connectivity index (χ3v) is 3.34. The second-order valence-electron chi connectivity index (χ2n) is 4.10. The number of hydrogen-bond donors (Lipinski definition) is 0. The second kappa shape index (κ2) is 6.47. The second-order valence-corrected chi connectivity index (χ2v) is 4.95. The Kier molecular flexibility index (Phi) is 4.68. The van der Waals surface area contributed by atoms with E-state index in [-0.39, 0.29) is 11.5 Å². The van der Waals surface area contributed by atoms with Crippen molar-refractivity contribution in [2.45, 2.75) is 6.42 Å². The van der Waals surface area contributed by atoms with Crippen LogP contribution in [-0.4, -0.2) is 11.5 Å². The van der Waals surface area contributed by atoms with Gasteiger partial charge in [0.2, 0.25) is 0 Å². The Balaban J connectivity index is 1.98. The molecule has 0 amide bonds. The molecule has 0 aliphatic heterocycles. The lowest BCUT2D eigenvalue weighted by molar-refractivity contribution is -0.385. The van der Waals surface area contributed by atoms with Crippen molar-refractivity contribution in [3.63, 3.8) is 0 Å². The first-order valence-corrected chi connectivity index (χ1v) is 6.67. The first-order chi connectivity index (χ1) is 9.56. The van der Waals surface area contributed by atoms with Crippen molar-refractivity contribution in [1.82, 2.24) is 0 Å². The van der Waals surface area contributed by atoms with Crippen LogP contribution < -0.4 is 4.74 Å². The topological polar surface area (TPSA) is 52.4 Å². The summed E-state index contributed by atoms with van der Waals surface area (Å²) in [6, 6.07) is 10.5. The maximum absolute atomic E-state index is 12.7. The van der Waals surface area contributed by atoms with Gasteiger partial charge in [-0.25, -0.2) is 4.39 Å². The van der Waals surface area contributed by atoms with Crippen molar-refractivity contribution in [2.75, 3.05) is 6.61 Å². The zero-order chi connectivity index (χ0) is 14.5. The summed E-state index contributed by atoms with van der Waals surface area (Å²) >= 11 is 3.28. The maximum Gasteiger partial charge on any atom is 0.273 e. The molecule has 0 aliphatic carbocycles. The molecular formula is C14H11BrFNO3. The zero-order valence-electron chi connectivity index (χ0n) is 10.4. The highest BCUT2D eigenvalue weighted by atomic mass is 79.9. The van der Waals surface area contributed by atoms with Gasteiger partial charge in [0.15, 0.2) is 0 Å². The van der Waals surface area contributed by atoms with Crippen LogP contribution in [0, 0.1) is 15.9 Å². The number of halogens is 2. The smallest absolute Gasteiger partial charge is 0.273 e.